The zero-order valence-corrected chi connectivity index (χ0v) is 15.3. The monoisotopic (exact) mass is 359 g/mol. The van der Waals surface area contributed by atoms with Gasteiger partial charge in [0.05, 0.1) is 12.5 Å². The highest BCUT2D eigenvalue weighted by molar-refractivity contribution is 5.84. The predicted molar refractivity (Wildman–Crippen MR) is 99.2 cm³/mol. The maximum absolute atomic E-state index is 12.4. The van der Waals surface area contributed by atoms with E-state index in [9.17, 15) is 9.18 Å². The van der Waals surface area contributed by atoms with Gasteiger partial charge >= 0.3 is 0 Å². The molecule has 1 aliphatic rings. The van der Waals surface area contributed by atoms with Crippen molar-refractivity contribution < 1.29 is 19.0 Å². The smallest absolute Gasteiger partial charge is 0.228 e. The Balaban J connectivity index is 0.000000290. The van der Waals surface area contributed by atoms with Crippen LogP contribution in [0.2, 0.25) is 0 Å². The molecule has 0 aliphatic carbocycles. The van der Waals surface area contributed by atoms with Crippen molar-refractivity contribution in [2.24, 2.45) is 5.41 Å². The Kier molecular flexibility index (Phi) is 7.16. The summed E-state index contributed by atoms with van der Waals surface area (Å²) in [5.74, 6) is 0.765. The number of aliphatic hydroxyl groups excluding tert-OH is 1. The zero-order chi connectivity index (χ0) is 19.0. The molecule has 0 saturated carbocycles. The Labute approximate surface area is 154 Å². The van der Waals surface area contributed by atoms with E-state index in [-0.39, 0.29) is 18.3 Å². The normalized spacial score (nSPS) is 19.1. The number of benzene rings is 2. The Bertz CT molecular complexity index is 707. The number of carbonyl (C=O) groups excluding carboxylic acids is 1. The van der Waals surface area contributed by atoms with Crippen LogP contribution in [0.5, 0.6) is 5.75 Å². The fourth-order valence-electron chi connectivity index (χ4n) is 3.06. The standard InChI is InChI=1S/C15H21NO3.C6H5F/c1-15(8-10-17)7-9-16(14(15)18)11-12-5-3-4-6-13(12)19-2;7-6-4-2-1-3-5-6/h3-6,17H,7-11H2,1-2H3;1-5H. The highest BCUT2D eigenvalue weighted by atomic mass is 19.1. The molecule has 0 spiro atoms. The topological polar surface area (TPSA) is 49.8 Å². The summed E-state index contributed by atoms with van der Waals surface area (Å²) in [7, 11) is 1.64. The first-order valence-corrected chi connectivity index (χ1v) is 8.73. The van der Waals surface area contributed by atoms with Crippen LogP contribution < -0.4 is 4.74 Å². The molecule has 0 bridgehead atoms. The number of para-hydroxylation sites is 1. The molecule has 140 valence electrons. The van der Waals surface area contributed by atoms with Crippen LogP contribution in [-0.2, 0) is 11.3 Å². The van der Waals surface area contributed by atoms with Crippen LogP contribution in [0.3, 0.4) is 0 Å². The van der Waals surface area contributed by atoms with E-state index < -0.39 is 5.41 Å². The van der Waals surface area contributed by atoms with E-state index in [1.807, 2.05) is 36.1 Å². The Hall–Kier alpha value is -2.40. The number of likely N-dealkylation sites (tertiary alicyclic amines) is 1. The van der Waals surface area contributed by atoms with Crippen LogP contribution in [0.4, 0.5) is 4.39 Å². The van der Waals surface area contributed by atoms with Crippen LogP contribution in [-0.4, -0.2) is 36.2 Å². The summed E-state index contributed by atoms with van der Waals surface area (Å²) in [5.41, 5.74) is 0.614. The van der Waals surface area contributed by atoms with E-state index in [2.05, 4.69) is 0 Å². The van der Waals surface area contributed by atoms with Crippen LogP contribution in [0.1, 0.15) is 25.3 Å². The van der Waals surface area contributed by atoms with Crippen molar-refractivity contribution in [2.45, 2.75) is 26.3 Å². The first-order valence-electron chi connectivity index (χ1n) is 8.73. The van der Waals surface area contributed by atoms with Gasteiger partial charge in [0.15, 0.2) is 0 Å². The van der Waals surface area contributed by atoms with Gasteiger partial charge in [-0.2, -0.15) is 0 Å². The molecule has 1 N–H and O–H groups in total. The van der Waals surface area contributed by atoms with Crippen molar-refractivity contribution in [3.8, 4) is 5.75 Å². The Morgan fingerprint density at radius 2 is 1.81 bits per heavy atom. The molecule has 1 unspecified atom stereocenters. The van der Waals surface area contributed by atoms with Crippen LogP contribution in [0.15, 0.2) is 54.6 Å². The average molecular weight is 359 g/mol. The van der Waals surface area contributed by atoms with Crippen molar-refractivity contribution in [3.05, 3.63) is 66.0 Å². The average Bonchev–Trinajstić information content (AvgIpc) is 2.92. The second-order valence-electron chi connectivity index (χ2n) is 6.62. The molecule has 5 heteroatoms. The number of aliphatic hydroxyl groups is 1. The van der Waals surface area contributed by atoms with E-state index in [0.29, 0.717) is 13.0 Å². The summed E-state index contributed by atoms with van der Waals surface area (Å²) >= 11 is 0. The molecule has 1 aliphatic heterocycles. The van der Waals surface area contributed by atoms with Crippen LogP contribution in [0, 0.1) is 11.2 Å². The van der Waals surface area contributed by atoms with E-state index in [1.165, 1.54) is 12.1 Å². The quantitative estimate of drug-likeness (QED) is 0.887. The minimum atomic E-state index is -0.406. The fraction of sp³-hybridized carbons (Fsp3) is 0.381. The SMILES string of the molecule is COc1ccccc1CN1CCC(C)(CCO)C1=O.Fc1ccccc1. The molecule has 0 radical (unpaired) electrons. The van der Waals surface area contributed by atoms with Crippen LogP contribution >= 0.6 is 0 Å². The maximum atomic E-state index is 12.4. The number of ether oxygens (including phenoxy) is 1. The first-order chi connectivity index (χ1) is 12.5. The Morgan fingerprint density at radius 3 is 2.38 bits per heavy atom. The van der Waals surface area contributed by atoms with Gasteiger partial charge < -0.3 is 14.7 Å². The van der Waals surface area contributed by atoms with Gasteiger partial charge in [0.25, 0.3) is 0 Å². The third kappa shape index (κ3) is 5.05. The molecule has 4 nitrogen and oxygen atoms in total. The van der Waals surface area contributed by atoms with Gasteiger partial charge in [-0.1, -0.05) is 43.3 Å². The lowest BCUT2D eigenvalue weighted by Gasteiger charge is -2.23. The second-order valence-corrected chi connectivity index (χ2v) is 6.62. The van der Waals surface area contributed by atoms with E-state index >= 15 is 0 Å². The summed E-state index contributed by atoms with van der Waals surface area (Å²) in [6.45, 7) is 3.32. The number of carbonyl (C=O) groups is 1. The van der Waals surface area contributed by atoms with Gasteiger partial charge in [0, 0.05) is 25.3 Å². The molecular formula is C21H26FNO3. The van der Waals surface area contributed by atoms with Crippen molar-refractivity contribution in [3.63, 3.8) is 0 Å². The molecule has 1 fully saturated rings. The summed E-state index contributed by atoms with van der Waals surface area (Å²) in [4.78, 5) is 14.2. The summed E-state index contributed by atoms with van der Waals surface area (Å²) < 4.78 is 17.2. The van der Waals surface area contributed by atoms with Crippen molar-refractivity contribution >= 4 is 5.91 Å². The molecular weight excluding hydrogens is 333 g/mol. The lowest BCUT2D eigenvalue weighted by Crippen LogP contribution is -2.33. The van der Waals surface area contributed by atoms with Crippen LogP contribution in [0.25, 0.3) is 0 Å². The predicted octanol–water partition coefficient (Wildman–Crippen LogP) is 3.64. The van der Waals surface area contributed by atoms with Crippen molar-refractivity contribution in [2.75, 3.05) is 20.3 Å². The molecule has 1 amide bonds. The molecule has 2 aromatic rings. The number of nitrogens with zero attached hydrogens (tertiary/aromatic N) is 1. The Morgan fingerprint density at radius 1 is 1.15 bits per heavy atom. The molecule has 3 rings (SSSR count). The highest BCUT2D eigenvalue weighted by Gasteiger charge is 2.42. The maximum Gasteiger partial charge on any atom is 0.228 e. The number of hydrogen-bond acceptors (Lipinski definition) is 3. The molecule has 2 aromatic carbocycles. The van der Waals surface area contributed by atoms with Gasteiger partial charge in [-0.15, -0.1) is 0 Å². The van der Waals surface area contributed by atoms with E-state index in [0.717, 1.165) is 24.3 Å². The van der Waals surface area contributed by atoms with Gasteiger partial charge in [0.2, 0.25) is 5.91 Å². The molecule has 1 atom stereocenters. The number of amides is 1. The first kappa shape index (κ1) is 19.9. The summed E-state index contributed by atoms with van der Waals surface area (Å²) in [6, 6.07) is 15.7. The largest absolute Gasteiger partial charge is 0.496 e. The lowest BCUT2D eigenvalue weighted by molar-refractivity contribution is -0.136. The van der Waals surface area contributed by atoms with Gasteiger partial charge in [-0.05, 0) is 31.0 Å². The third-order valence-corrected chi connectivity index (χ3v) is 4.69. The second kappa shape index (κ2) is 9.34. The van der Waals surface area contributed by atoms with Gasteiger partial charge in [-0.3, -0.25) is 4.79 Å². The zero-order valence-electron chi connectivity index (χ0n) is 15.3. The molecule has 1 saturated heterocycles. The lowest BCUT2D eigenvalue weighted by atomic mass is 9.85. The number of methoxy groups -OCH3 is 1. The number of halogens is 1. The minimum absolute atomic E-state index is 0.0603. The van der Waals surface area contributed by atoms with Gasteiger partial charge in [0.1, 0.15) is 11.6 Å². The fourth-order valence-corrected chi connectivity index (χ4v) is 3.06. The van der Waals surface area contributed by atoms with Gasteiger partial charge in [-0.25, -0.2) is 4.39 Å². The molecule has 1 heterocycles. The third-order valence-electron chi connectivity index (χ3n) is 4.69. The highest BCUT2D eigenvalue weighted by Crippen LogP contribution is 2.36. The van der Waals surface area contributed by atoms with E-state index in [1.54, 1.807) is 25.3 Å². The minimum Gasteiger partial charge on any atom is -0.496 e. The van der Waals surface area contributed by atoms with Crippen molar-refractivity contribution in [1.29, 1.82) is 0 Å². The number of rotatable bonds is 5. The summed E-state index contributed by atoms with van der Waals surface area (Å²) in [6.07, 6.45) is 1.34. The van der Waals surface area contributed by atoms with E-state index in [4.69, 9.17) is 9.84 Å². The molecule has 26 heavy (non-hydrogen) atoms. The number of hydrogen-bond donors (Lipinski definition) is 1. The summed E-state index contributed by atoms with van der Waals surface area (Å²) in [5, 5.41) is 9.08. The van der Waals surface area contributed by atoms with Crippen molar-refractivity contribution in [1.82, 2.24) is 4.90 Å². The molecule has 0 aromatic heterocycles.